The van der Waals surface area contributed by atoms with E-state index in [4.69, 9.17) is 9.47 Å². The molecule has 1 aliphatic heterocycles. The first-order valence-electron chi connectivity index (χ1n) is 6.99. The van der Waals surface area contributed by atoms with Crippen molar-refractivity contribution in [2.45, 2.75) is 24.7 Å². The lowest BCUT2D eigenvalue weighted by Crippen LogP contribution is -2.41. The van der Waals surface area contributed by atoms with Gasteiger partial charge in [0.05, 0.1) is 25.9 Å². The molecule has 0 aromatic heterocycles. The first-order valence-corrected chi connectivity index (χ1v) is 6.99. The molecule has 110 valence electrons. The lowest BCUT2D eigenvalue weighted by atomic mass is 10.0. The Balaban J connectivity index is 1.73. The lowest BCUT2D eigenvalue weighted by molar-refractivity contribution is -0.0718. The molecule has 1 aliphatic rings. The number of ether oxygens (including phenoxy) is 2. The maximum absolute atomic E-state index is 10.3. The third kappa shape index (κ3) is 4.72. The van der Waals surface area contributed by atoms with Crippen molar-refractivity contribution in [2.24, 2.45) is 0 Å². The smallest absolute Gasteiger partial charge is 0.104 e. The molecule has 0 aliphatic carbocycles. The van der Waals surface area contributed by atoms with Gasteiger partial charge in [0.15, 0.2) is 0 Å². The van der Waals surface area contributed by atoms with Crippen LogP contribution in [0.2, 0.25) is 0 Å². The number of hydrogen-bond acceptors (Lipinski definition) is 4. The highest BCUT2D eigenvalue weighted by molar-refractivity contribution is 5.13. The molecule has 1 saturated heterocycles. The van der Waals surface area contributed by atoms with Gasteiger partial charge in [-0.2, -0.15) is 0 Å². The van der Waals surface area contributed by atoms with E-state index in [1.165, 1.54) is 0 Å². The zero-order valence-corrected chi connectivity index (χ0v) is 11.8. The summed E-state index contributed by atoms with van der Waals surface area (Å²) in [6.45, 7) is 6.29. The number of benzene rings is 1. The Morgan fingerprint density at radius 1 is 1.45 bits per heavy atom. The van der Waals surface area contributed by atoms with E-state index >= 15 is 0 Å². The van der Waals surface area contributed by atoms with Crippen LogP contribution >= 0.6 is 0 Å². The van der Waals surface area contributed by atoms with Crippen LogP contribution < -0.4 is 5.32 Å². The van der Waals surface area contributed by atoms with Crippen molar-refractivity contribution >= 4 is 0 Å². The molecule has 0 bridgehead atoms. The Hall–Kier alpha value is -1.20. The highest BCUT2D eigenvalue weighted by Crippen LogP contribution is 2.15. The van der Waals surface area contributed by atoms with Crippen LogP contribution in [0.5, 0.6) is 0 Å². The number of nitrogens with one attached hydrogen (secondary N) is 1. The van der Waals surface area contributed by atoms with Crippen LogP contribution in [0.4, 0.5) is 0 Å². The fourth-order valence-corrected chi connectivity index (χ4v) is 2.24. The molecule has 0 spiro atoms. The van der Waals surface area contributed by atoms with Gasteiger partial charge in [-0.05, 0) is 12.0 Å². The van der Waals surface area contributed by atoms with E-state index in [-0.39, 0.29) is 6.10 Å². The van der Waals surface area contributed by atoms with Crippen molar-refractivity contribution in [1.82, 2.24) is 5.32 Å². The molecular formula is C16H23NO3. The summed E-state index contributed by atoms with van der Waals surface area (Å²) < 4.78 is 11.4. The number of β-amino-alcohol motifs (C(OH)–C–C–N with tert-alkyl or cyclic N) is 1. The molecular weight excluding hydrogens is 254 g/mol. The maximum Gasteiger partial charge on any atom is 0.104 e. The van der Waals surface area contributed by atoms with Crippen LogP contribution in [0.25, 0.3) is 0 Å². The molecule has 0 amide bonds. The summed E-state index contributed by atoms with van der Waals surface area (Å²) in [5, 5.41) is 13.5. The summed E-state index contributed by atoms with van der Waals surface area (Å²) in [6, 6.07) is 10.1. The molecule has 20 heavy (non-hydrogen) atoms. The fraction of sp³-hybridized carbons (Fsp3) is 0.500. The Kier molecular flexibility index (Phi) is 5.73. The van der Waals surface area contributed by atoms with Crippen LogP contribution in [0, 0.1) is 0 Å². The van der Waals surface area contributed by atoms with Gasteiger partial charge in [0.25, 0.3) is 0 Å². The molecule has 2 rings (SSSR count). The van der Waals surface area contributed by atoms with Crippen molar-refractivity contribution in [2.75, 3.05) is 26.3 Å². The Bertz CT molecular complexity index is 409. The van der Waals surface area contributed by atoms with E-state index in [9.17, 15) is 5.11 Å². The molecule has 2 atom stereocenters. The van der Waals surface area contributed by atoms with Crippen molar-refractivity contribution in [3.05, 3.63) is 48.6 Å². The minimum Gasteiger partial charge on any atom is -0.386 e. The van der Waals surface area contributed by atoms with Crippen LogP contribution in [-0.2, 0) is 16.1 Å². The Morgan fingerprint density at radius 3 is 3.00 bits per heavy atom. The number of rotatable bonds is 6. The molecule has 1 aromatic carbocycles. The summed E-state index contributed by atoms with van der Waals surface area (Å²) in [7, 11) is 0. The average Bonchev–Trinajstić information content (AvgIpc) is 2.63. The van der Waals surface area contributed by atoms with Gasteiger partial charge < -0.3 is 19.9 Å². The molecule has 1 fully saturated rings. The summed E-state index contributed by atoms with van der Waals surface area (Å²) in [5.74, 6) is 0. The van der Waals surface area contributed by atoms with E-state index in [2.05, 4.69) is 11.9 Å². The van der Waals surface area contributed by atoms with Crippen molar-refractivity contribution < 1.29 is 14.6 Å². The second-order valence-corrected chi connectivity index (χ2v) is 5.28. The van der Waals surface area contributed by atoms with E-state index < -0.39 is 5.60 Å². The SMILES string of the molecule is C=CCC1(O)CNC[C@@H](COCc2ccccc2)OC1. The lowest BCUT2D eigenvalue weighted by Gasteiger charge is -2.24. The molecule has 1 unspecified atom stereocenters. The van der Waals surface area contributed by atoms with Crippen LogP contribution in [0.1, 0.15) is 12.0 Å². The standard InChI is InChI=1S/C16H23NO3/c1-2-8-16(18)12-17-9-15(20-13-16)11-19-10-14-6-4-3-5-7-14/h2-7,15,17-18H,1,8-13H2/t15-,16?/m0/s1. The van der Waals surface area contributed by atoms with Gasteiger partial charge in [-0.15, -0.1) is 6.58 Å². The van der Waals surface area contributed by atoms with Crippen LogP contribution in [0.3, 0.4) is 0 Å². The average molecular weight is 277 g/mol. The van der Waals surface area contributed by atoms with Gasteiger partial charge in [0, 0.05) is 13.1 Å². The van der Waals surface area contributed by atoms with Gasteiger partial charge in [0.1, 0.15) is 5.60 Å². The third-order valence-electron chi connectivity index (χ3n) is 3.35. The molecule has 4 nitrogen and oxygen atoms in total. The maximum atomic E-state index is 10.3. The highest BCUT2D eigenvalue weighted by atomic mass is 16.5. The van der Waals surface area contributed by atoms with E-state index in [1.807, 2.05) is 30.3 Å². The van der Waals surface area contributed by atoms with E-state index in [0.29, 0.717) is 39.3 Å². The molecule has 1 aromatic rings. The largest absolute Gasteiger partial charge is 0.386 e. The summed E-state index contributed by atoms with van der Waals surface area (Å²) in [5.41, 5.74) is 0.299. The van der Waals surface area contributed by atoms with Gasteiger partial charge in [-0.1, -0.05) is 36.4 Å². The van der Waals surface area contributed by atoms with Gasteiger partial charge >= 0.3 is 0 Å². The number of hydrogen-bond donors (Lipinski definition) is 2. The fourth-order valence-electron chi connectivity index (χ4n) is 2.24. The Labute approximate surface area is 120 Å². The van der Waals surface area contributed by atoms with E-state index in [1.54, 1.807) is 6.08 Å². The Morgan fingerprint density at radius 2 is 2.25 bits per heavy atom. The zero-order valence-electron chi connectivity index (χ0n) is 11.8. The quantitative estimate of drug-likeness (QED) is 0.774. The van der Waals surface area contributed by atoms with Crippen molar-refractivity contribution in [3.63, 3.8) is 0 Å². The van der Waals surface area contributed by atoms with Crippen molar-refractivity contribution in [3.8, 4) is 0 Å². The highest BCUT2D eigenvalue weighted by Gasteiger charge is 2.30. The predicted octanol–water partition coefficient (Wildman–Crippen LogP) is 1.50. The summed E-state index contributed by atoms with van der Waals surface area (Å²) in [4.78, 5) is 0. The zero-order chi connectivity index (χ0) is 14.3. The van der Waals surface area contributed by atoms with Gasteiger partial charge in [-0.3, -0.25) is 0 Å². The molecule has 0 saturated carbocycles. The molecule has 2 N–H and O–H groups in total. The second kappa shape index (κ2) is 7.55. The topological polar surface area (TPSA) is 50.7 Å². The molecule has 4 heteroatoms. The molecule has 1 heterocycles. The number of aliphatic hydroxyl groups is 1. The van der Waals surface area contributed by atoms with Crippen molar-refractivity contribution in [1.29, 1.82) is 0 Å². The molecule has 0 radical (unpaired) electrons. The minimum atomic E-state index is -0.851. The summed E-state index contributed by atoms with van der Waals surface area (Å²) >= 11 is 0. The van der Waals surface area contributed by atoms with Crippen LogP contribution in [-0.4, -0.2) is 43.1 Å². The normalized spacial score (nSPS) is 26.9. The summed E-state index contributed by atoms with van der Waals surface area (Å²) in [6.07, 6.45) is 2.21. The van der Waals surface area contributed by atoms with Gasteiger partial charge in [0.2, 0.25) is 0 Å². The minimum absolute atomic E-state index is 0.0300. The first-order chi connectivity index (χ1) is 9.72. The van der Waals surface area contributed by atoms with Gasteiger partial charge in [-0.25, -0.2) is 0 Å². The second-order valence-electron chi connectivity index (χ2n) is 5.28. The van der Waals surface area contributed by atoms with Crippen LogP contribution in [0.15, 0.2) is 43.0 Å². The predicted molar refractivity (Wildman–Crippen MR) is 78.5 cm³/mol. The van der Waals surface area contributed by atoms with E-state index in [0.717, 1.165) is 5.56 Å². The monoisotopic (exact) mass is 277 g/mol. The first kappa shape index (κ1) is 15.2. The third-order valence-corrected chi connectivity index (χ3v) is 3.35.